The molecule has 2 aliphatic rings. The van der Waals surface area contributed by atoms with Gasteiger partial charge in [-0.2, -0.15) is 13.2 Å². The Bertz CT molecular complexity index is 615. The van der Waals surface area contributed by atoms with Gasteiger partial charge in [-0.25, -0.2) is 4.98 Å². The first-order chi connectivity index (χ1) is 9.43. The number of nitrogens with one attached hydrogen (secondary N) is 1. The fraction of sp³-hybridized carbons (Fsp3) is 0.429. The van der Waals surface area contributed by atoms with Crippen molar-refractivity contribution in [1.82, 2.24) is 10.3 Å². The van der Waals surface area contributed by atoms with Crippen molar-refractivity contribution in [3.05, 3.63) is 40.3 Å². The molecule has 6 heteroatoms. The molecule has 1 N–H and O–H groups in total. The van der Waals surface area contributed by atoms with Gasteiger partial charge < -0.3 is 10.1 Å². The molecule has 0 unspecified atom stereocenters. The minimum absolute atomic E-state index is 0.118. The average Bonchev–Trinajstić information content (AvgIpc) is 3.13. The van der Waals surface area contributed by atoms with Crippen LogP contribution >= 0.6 is 0 Å². The van der Waals surface area contributed by atoms with Crippen LogP contribution in [0.25, 0.3) is 0 Å². The molecule has 0 aromatic carbocycles. The van der Waals surface area contributed by atoms with Crippen LogP contribution in [0.3, 0.4) is 0 Å². The van der Waals surface area contributed by atoms with E-state index in [9.17, 15) is 13.2 Å². The van der Waals surface area contributed by atoms with Crippen molar-refractivity contribution in [2.75, 3.05) is 13.2 Å². The third-order valence-electron chi connectivity index (χ3n) is 3.45. The van der Waals surface area contributed by atoms with E-state index < -0.39 is 11.7 Å². The van der Waals surface area contributed by atoms with Crippen LogP contribution in [0, 0.1) is 6.92 Å². The van der Waals surface area contributed by atoms with E-state index in [0.29, 0.717) is 6.61 Å². The number of halogens is 3. The zero-order valence-corrected chi connectivity index (χ0v) is 10.8. The Kier molecular flexibility index (Phi) is 3.07. The van der Waals surface area contributed by atoms with Crippen LogP contribution in [-0.4, -0.2) is 24.2 Å². The molecule has 0 amide bonds. The number of pyridine rings is 1. The topological polar surface area (TPSA) is 34.1 Å². The highest BCUT2D eigenvalue weighted by Gasteiger charge is 2.33. The first kappa shape index (κ1) is 13.2. The number of alkyl halides is 3. The molecule has 20 heavy (non-hydrogen) atoms. The summed E-state index contributed by atoms with van der Waals surface area (Å²) in [6.45, 7) is 2.58. The van der Waals surface area contributed by atoms with E-state index in [4.69, 9.17) is 4.74 Å². The van der Waals surface area contributed by atoms with Crippen molar-refractivity contribution in [3.63, 3.8) is 0 Å². The number of rotatable bonds is 3. The second-order valence-electron chi connectivity index (χ2n) is 5.01. The molecule has 1 fully saturated rings. The van der Waals surface area contributed by atoms with Crippen molar-refractivity contribution in [3.8, 4) is 5.88 Å². The van der Waals surface area contributed by atoms with Gasteiger partial charge in [-0.3, -0.25) is 0 Å². The molecule has 1 saturated heterocycles. The molecule has 0 spiro atoms. The quantitative estimate of drug-likeness (QED) is 0.865. The summed E-state index contributed by atoms with van der Waals surface area (Å²) in [6, 6.07) is 1.49. The Hall–Kier alpha value is -1.78. The zero-order chi connectivity index (χ0) is 14.3. The van der Waals surface area contributed by atoms with Gasteiger partial charge in [-0.1, -0.05) is 0 Å². The predicted molar refractivity (Wildman–Crippen MR) is 66.4 cm³/mol. The SMILES string of the molecule is Cc1cc(OC[C@@H]2CC3=C=C3CN2)ncc1C(F)(F)F. The normalized spacial score (nSPS) is 20.9. The molecule has 1 atom stereocenters. The average molecular weight is 282 g/mol. The van der Waals surface area contributed by atoms with Gasteiger partial charge in [-0.15, -0.1) is 5.73 Å². The molecule has 1 aromatic heterocycles. The maximum absolute atomic E-state index is 12.6. The number of aromatic nitrogens is 1. The van der Waals surface area contributed by atoms with E-state index in [1.807, 2.05) is 0 Å². The van der Waals surface area contributed by atoms with E-state index in [0.717, 1.165) is 19.2 Å². The summed E-state index contributed by atoms with van der Waals surface area (Å²) in [4.78, 5) is 3.72. The maximum Gasteiger partial charge on any atom is 0.418 e. The number of nitrogens with zero attached hydrogens (tertiary/aromatic N) is 1. The van der Waals surface area contributed by atoms with Crippen LogP contribution in [0.15, 0.2) is 29.1 Å². The minimum atomic E-state index is -4.37. The molecule has 0 saturated carbocycles. The summed E-state index contributed by atoms with van der Waals surface area (Å²) in [5.74, 6) is 0.223. The van der Waals surface area contributed by atoms with E-state index in [1.165, 1.54) is 24.1 Å². The number of hydrogen-bond donors (Lipinski definition) is 1. The van der Waals surface area contributed by atoms with E-state index in [2.05, 4.69) is 16.0 Å². The van der Waals surface area contributed by atoms with Gasteiger partial charge in [0.15, 0.2) is 0 Å². The number of fused-ring (bicyclic) bond motifs is 1. The minimum Gasteiger partial charge on any atom is -0.476 e. The van der Waals surface area contributed by atoms with Gasteiger partial charge in [0.25, 0.3) is 0 Å². The van der Waals surface area contributed by atoms with Gasteiger partial charge in [0.2, 0.25) is 5.88 Å². The largest absolute Gasteiger partial charge is 0.476 e. The van der Waals surface area contributed by atoms with Gasteiger partial charge in [0, 0.05) is 36.0 Å². The lowest BCUT2D eigenvalue weighted by Crippen LogP contribution is -2.38. The molecule has 1 aliphatic carbocycles. The molecule has 0 bridgehead atoms. The fourth-order valence-electron chi connectivity index (χ4n) is 2.25. The molecular weight excluding hydrogens is 269 g/mol. The fourth-order valence-corrected chi connectivity index (χ4v) is 2.25. The predicted octanol–water partition coefficient (Wildman–Crippen LogP) is 2.61. The molecule has 106 valence electrons. The van der Waals surface area contributed by atoms with Gasteiger partial charge in [-0.05, 0) is 18.9 Å². The van der Waals surface area contributed by atoms with Crippen molar-refractivity contribution in [2.45, 2.75) is 25.6 Å². The summed E-state index contributed by atoms with van der Waals surface area (Å²) in [5, 5.41) is 3.28. The standard InChI is InChI=1S/C14H13F3N2O/c1-8-2-13(19-6-12(8)14(15,16)17)20-7-11-4-9-3-10(9)5-18-11/h2,6,11,18H,4-5,7H2,1H3/t11-/m0/s1. The molecule has 0 radical (unpaired) electrons. The van der Waals surface area contributed by atoms with Crippen LogP contribution < -0.4 is 10.1 Å². The van der Waals surface area contributed by atoms with Crippen LogP contribution in [0.1, 0.15) is 17.5 Å². The molecule has 1 aliphatic heterocycles. The van der Waals surface area contributed by atoms with Crippen molar-refractivity contribution in [2.24, 2.45) is 0 Å². The molecular formula is C14H13F3N2O. The van der Waals surface area contributed by atoms with Gasteiger partial charge in [0.05, 0.1) is 5.56 Å². The van der Waals surface area contributed by atoms with E-state index >= 15 is 0 Å². The third-order valence-corrected chi connectivity index (χ3v) is 3.45. The highest BCUT2D eigenvalue weighted by molar-refractivity contribution is 5.47. The lowest BCUT2D eigenvalue weighted by Gasteiger charge is -2.21. The first-order valence-electron chi connectivity index (χ1n) is 6.32. The second-order valence-corrected chi connectivity index (χ2v) is 5.01. The summed E-state index contributed by atoms with van der Waals surface area (Å²) in [7, 11) is 0. The zero-order valence-electron chi connectivity index (χ0n) is 10.8. The first-order valence-corrected chi connectivity index (χ1v) is 6.32. The Morgan fingerprint density at radius 1 is 1.45 bits per heavy atom. The summed E-state index contributed by atoms with van der Waals surface area (Å²) < 4.78 is 43.3. The monoisotopic (exact) mass is 282 g/mol. The lowest BCUT2D eigenvalue weighted by atomic mass is 10.1. The van der Waals surface area contributed by atoms with Crippen LogP contribution in [0.5, 0.6) is 5.88 Å². The van der Waals surface area contributed by atoms with Crippen molar-refractivity contribution < 1.29 is 17.9 Å². The molecule has 2 heterocycles. The highest BCUT2D eigenvalue weighted by atomic mass is 19.4. The van der Waals surface area contributed by atoms with E-state index in [1.54, 1.807) is 0 Å². The second kappa shape index (κ2) is 4.65. The van der Waals surface area contributed by atoms with E-state index in [-0.39, 0.29) is 17.5 Å². The number of hydrogen-bond acceptors (Lipinski definition) is 3. The smallest absolute Gasteiger partial charge is 0.418 e. The van der Waals surface area contributed by atoms with Gasteiger partial charge in [0.1, 0.15) is 6.61 Å². The Balaban J connectivity index is 1.60. The molecule has 3 nitrogen and oxygen atoms in total. The van der Waals surface area contributed by atoms with Crippen LogP contribution in [0.4, 0.5) is 13.2 Å². The van der Waals surface area contributed by atoms with Crippen LogP contribution in [-0.2, 0) is 6.18 Å². The number of ether oxygens (including phenoxy) is 1. The van der Waals surface area contributed by atoms with Crippen molar-refractivity contribution in [1.29, 1.82) is 0 Å². The Labute approximate surface area is 114 Å². The summed E-state index contributed by atoms with van der Waals surface area (Å²) in [6.07, 6.45) is -2.70. The lowest BCUT2D eigenvalue weighted by molar-refractivity contribution is -0.138. The highest BCUT2D eigenvalue weighted by Crippen LogP contribution is 2.32. The number of piperidine rings is 1. The number of aryl methyl sites for hydroxylation is 1. The van der Waals surface area contributed by atoms with Crippen molar-refractivity contribution >= 4 is 0 Å². The maximum atomic E-state index is 12.6. The third kappa shape index (κ3) is 2.71. The molecule has 1 aromatic rings. The molecule has 3 rings (SSSR count). The van der Waals surface area contributed by atoms with Crippen LogP contribution in [0.2, 0.25) is 0 Å². The van der Waals surface area contributed by atoms with Gasteiger partial charge >= 0.3 is 6.18 Å². The summed E-state index contributed by atoms with van der Waals surface area (Å²) in [5.41, 5.74) is 5.05. The Morgan fingerprint density at radius 2 is 2.25 bits per heavy atom. The Morgan fingerprint density at radius 3 is 2.90 bits per heavy atom. The summed E-state index contributed by atoms with van der Waals surface area (Å²) >= 11 is 0.